The second kappa shape index (κ2) is 13.7. The zero-order valence-electron chi connectivity index (χ0n) is 24.5. The Kier molecular flexibility index (Phi) is 11.0. The lowest BCUT2D eigenvalue weighted by Gasteiger charge is -2.35. The van der Waals surface area contributed by atoms with E-state index in [0.29, 0.717) is 38.3 Å². The first-order valence-corrected chi connectivity index (χ1v) is 16.0. The van der Waals surface area contributed by atoms with Gasteiger partial charge < -0.3 is 10.2 Å². The molecule has 0 saturated carbocycles. The average molecular weight is 653 g/mol. The molecule has 0 aromatic heterocycles. The molecule has 1 atom stereocenters. The van der Waals surface area contributed by atoms with Crippen LogP contribution < -0.4 is 9.62 Å². The summed E-state index contributed by atoms with van der Waals surface area (Å²) in [6, 6.07) is 15.3. The maximum Gasteiger partial charge on any atom is 0.264 e. The summed E-state index contributed by atoms with van der Waals surface area (Å²) in [5.41, 5.74) is 1.84. The van der Waals surface area contributed by atoms with Crippen LogP contribution in [0.25, 0.3) is 0 Å². The Morgan fingerprint density at radius 3 is 2.10 bits per heavy atom. The van der Waals surface area contributed by atoms with Crippen LogP contribution in [0, 0.1) is 13.8 Å². The van der Waals surface area contributed by atoms with Crippen LogP contribution in [-0.2, 0) is 26.2 Å². The predicted molar refractivity (Wildman–Crippen MR) is 171 cm³/mol. The number of carbonyl (C=O) groups is 2. The molecule has 11 heteroatoms. The topological polar surface area (TPSA) is 86.8 Å². The van der Waals surface area contributed by atoms with Gasteiger partial charge in [-0.15, -0.1) is 0 Å². The van der Waals surface area contributed by atoms with Gasteiger partial charge >= 0.3 is 0 Å². The molecule has 42 heavy (non-hydrogen) atoms. The van der Waals surface area contributed by atoms with E-state index in [1.165, 1.54) is 17.0 Å². The van der Waals surface area contributed by atoms with Crippen molar-refractivity contribution in [2.75, 3.05) is 10.8 Å². The number of carbonyl (C=O) groups excluding carboxylic acids is 2. The molecular weight excluding hydrogens is 617 g/mol. The van der Waals surface area contributed by atoms with Gasteiger partial charge in [-0.3, -0.25) is 13.9 Å². The standard InChI is InChI=1S/C31H36Cl3N3O4S/c1-7-27(30(39)35-31(4,5)6)36(18-22-10-14-25(33)26(34)17-22)29(38)19-37(28-15-11-23(32)16-21(28)3)42(40,41)24-12-8-20(2)9-13-24/h8-17,27H,7,18-19H2,1-6H3,(H,35,39). The SMILES string of the molecule is CCC(C(=O)NC(C)(C)C)N(Cc1ccc(Cl)c(Cl)c1)C(=O)CN(c1ccc(Cl)cc1C)S(=O)(=O)c1ccc(C)cc1. The smallest absolute Gasteiger partial charge is 0.264 e. The van der Waals surface area contributed by atoms with Gasteiger partial charge in [0.25, 0.3) is 10.0 Å². The number of anilines is 1. The lowest BCUT2D eigenvalue weighted by atomic mass is 10.1. The van der Waals surface area contributed by atoms with E-state index in [1.807, 2.05) is 27.7 Å². The molecule has 0 radical (unpaired) electrons. The molecule has 0 spiro atoms. The molecule has 1 unspecified atom stereocenters. The van der Waals surface area contributed by atoms with Crippen LogP contribution in [0.5, 0.6) is 0 Å². The average Bonchev–Trinajstić information content (AvgIpc) is 2.88. The van der Waals surface area contributed by atoms with Crippen molar-refractivity contribution in [1.29, 1.82) is 0 Å². The molecule has 3 aromatic rings. The molecule has 0 saturated heterocycles. The van der Waals surface area contributed by atoms with Crippen molar-refractivity contribution in [3.8, 4) is 0 Å². The molecule has 0 aliphatic carbocycles. The van der Waals surface area contributed by atoms with E-state index in [2.05, 4.69) is 5.32 Å². The number of halogens is 3. The summed E-state index contributed by atoms with van der Waals surface area (Å²) in [5.74, 6) is -0.920. The molecule has 1 N–H and O–H groups in total. The first kappa shape index (κ1) is 33.7. The maximum atomic E-state index is 14.2. The molecule has 0 aliphatic heterocycles. The molecule has 7 nitrogen and oxygen atoms in total. The molecule has 226 valence electrons. The minimum absolute atomic E-state index is 0.00378. The number of rotatable bonds is 10. The molecule has 0 heterocycles. The van der Waals surface area contributed by atoms with Crippen LogP contribution in [0.15, 0.2) is 65.6 Å². The number of nitrogens with one attached hydrogen (secondary N) is 1. The fourth-order valence-electron chi connectivity index (χ4n) is 4.46. The molecule has 0 fully saturated rings. The fourth-order valence-corrected chi connectivity index (χ4v) is 6.48. The Hall–Kier alpha value is -2.78. The van der Waals surface area contributed by atoms with Crippen LogP contribution >= 0.6 is 34.8 Å². The lowest BCUT2D eigenvalue weighted by molar-refractivity contribution is -0.141. The van der Waals surface area contributed by atoms with Gasteiger partial charge in [-0.25, -0.2) is 8.42 Å². The van der Waals surface area contributed by atoms with Gasteiger partial charge in [0.05, 0.1) is 20.6 Å². The second-order valence-electron chi connectivity index (χ2n) is 11.2. The Balaban J connectivity index is 2.12. The lowest BCUT2D eigenvalue weighted by Crippen LogP contribution is -2.55. The summed E-state index contributed by atoms with van der Waals surface area (Å²) in [6.45, 7) is 10.4. The van der Waals surface area contributed by atoms with Crippen LogP contribution in [0.4, 0.5) is 5.69 Å². The van der Waals surface area contributed by atoms with E-state index < -0.39 is 34.1 Å². The minimum Gasteiger partial charge on any atom is -0.350 e. The number of benzene rings is 3. The van der Waals surface area contributed by atoms with E-state index in [0.717, 1.165) is 9.87 Å². The summed E-state index contributed by atoms with van der Waals surface area (Å²) in [6.07, 6.45) is 0.291. The summed E-state index contributed by atoms with van der Waals surface area (Å²) < 4.78 is 29.2. The van der Waals surface area contributed by atoms with E-state index in [-0.39, 0.29) is 17.3 Å². The largest absolute Gasteiger partial charge is 0.350 e. The number of hydrogen-bond acceptors (Lipinski definition) is 4. The van der Waals surface area contributed by atoms with Gasteiger partial charge in [0.15, 0.2) is 0 Å². The van der Waals surface area contributed by atoms with Gasteiger partial charge in [0.2, 0.25) is 11.8 Å². The van der Waals surface area contributed by atoms with Gasteiger partial charge in [-0.1, -0.05) is 65.5 Å². The third kappa shape index (κ3) is 8.40. The van der Waals surface area contributed by atoms with Crippen molar-refractivity contribution in [3.63, 3.8) is 0 Å². The van der Waals surface area contributed by atoms with Crippen molar-refractivity contribution in [1.82, 2.24) is 10.2 Å². The van der Waals surface area contributed by atoms with E-state index in [1.54, 1.807) is 62.4 Å². The summed E-state index contributed by atoms with van der Waals surface area (Å²) in [4.78, 5) is 29.1. The first-order chi connectivity index (χ1) is 19.5. The van der Waals surface area contributed by atoms with Gasteiger partial charge in [0, 0.05) is 17.1 Å². The summed E-state index contributed by atoms with van der Waals surface area (Å²) >= 11 is 18.6. The Bertz CT molecular complexity index is 1550. The Morgan fingerprint density at radius 2 is 1.55 bits per heavy atom. The van der Waals surface area contributed by atoms with E-state index >= 15 is 0 Å². The highest BCUT2D eigenvalue weighted by atomic mass is 35.5. The third-order valence-electron chi connectivity index (χ3n) is 6.54. The van der Waals surface area contributed by atoms with Crippen molar-refractivity contribution < 1.29 is 18.0 Å². The number of sulfonamides is 1. The molecule has 3 aromatic carbocycles. The van der Waals surface area contributed by atoms with Crippen LogP contribution in [0.2, 0.25) is 15.1 Å². The maximum absolute atomic E-state index is 14.2. The normalized spacial score (nSPS) is 12.5. The Morgan fingerprint density at radius 1 is 0.905 bits per heavy atom. The minimum atomic E-state index is -4.20. The van der Waals surface area contributed by atoms with Gasteiger partial charge in [-0.05, 0) is 94.6 Å². The van der Waals surface area contributed by atoms with Crippen LogP contribution in [-0.4, -0.2) is 43.3 Å². The van der Waals surface area contributed by atoms with E-state index in [9.17, 15) is 18.0 Å². The number of hydrogen-bond donors (Lipinski definition) is 1. The van der Waals surface area contributed by atoms with Crippen LogP contribution in [0.3, 0.4) is 0 Å². The predicted octanol–water partition coefficient (Wildman–Crippen LogP) is 7.18. The Labute approximate surface area is 263 Å². The highest BCUT2D eigenvalue weighted by Gasteiger charge is 2.35. The summed E-state index contributed by atoms with van der Waals surface area (Å²) in [7, 11) is -4.20. The zero-order chi connectivity index (χ0) is 31.4. The molecule has 0 bridgehead atoms. The highest BCUT2D eigenvalue weighted by molar-refractivity contribution is 7.92. The van der Waals surface area contributed by atoms with Crippen molar-refractivity contribution >= 4 is 62.3 Å². The molecule has 3 rings (SSSR count). The summed E-state index contributed by atoms with van der Waals surface area (Å²) in [5, 5.41) is 4.03. The zero-order valence-corrected chi connectivity index (χ0v) is 27.6. The third-order valence-corrected chi connectivity index (χ3v) is 9.28. The van der Waals surface area contributed by atoms with Gasteiger partial charge in [-0.2, -0.15) is 0 Å². The first-order valence-electron chi connectivity index (χ1n) is 13.4. The number of nitrogens with zero attached hydrogens (tertiary/aromatic N) is 2. The molecule has 2 amide bonds. The van der Waals surface area contributed by atoms with Crippen molar-refractivity contribution in [2.24, 2.45) is 0 Å². The monoisotopic (exact) mass is 651 g/mol. The second-order valence-corrected chi connectivity index (χ2v) is 14.3. The van der Waals surface area contributed by atoms with Gasteiger partial charge in [0.1, 0.15) is 12.6 Å². The fraction of sp³-hybridized carbons (Fsp3) is 0.355. The number of amides is 2. The number of aryl methyl sites for hydroxylation is 2. The molecular formula is C31H36Cl3N3O4S. The van der Waals surface area contributed by atoms with E-state index in [4.69, 9.17) is 34.8 Å². The highest BCUT2D eigenvalue weighted by Crippen LogP contribution is 2.30. The van der Waals surface area contributed by atoms with Crippen molar-refractivity contribution in [3.05, 3.63) is 92.4 Å². The van der Waals surface area contributed by atoms with Crippen molar-refractivity contribution in [2.45, 2.75) is 71.0 Å². The molecule has 0 aliphatic rings. The quantitative estimate of drug-likeness (QED) is 0.251. The van der Waals surface area contributed by atoms with Crippen LogP contribution in [0.1, 0.15) is 50.8 Å².